The van der Waals surface area contributed by atoms with E-state index in [1.54, 1.807) is 0 Å². The smallest absolute Gasteiger partial charge is 0.0610 e. The summed E-state index contributed by atoms with van der Waals surface area (Å²) in [4.78, 5) is 2.67. The third kappa shape index (κ3) is 6.73. The molecule has 114 valence electrons. The summed E-state index contributed by atoms with van der Waals surface area (Å²) in [5.74, 6) is 0. The number of hydrogen-bond acceptors (Lipinski definition) is 3. The summed E-state index contributed by atoms with van der Waals surface area (Å²) in [6.07, 6.45) is 8.79. The summed E-state index contributed by atoms with van der Waals surface area (Å²) in [6, 6.07) is 0.871. The van der Waals surface area contributed by atoms with Gasteiger partial charge < -0.3 is 15.3 Å². The van der Waals surface area contributed by atoms with Crippen LogP contribution in [0.3, 0.4) is 0 Å². The van der Waals surface area contributed by atoms with Crippen molar-refractivity contribution in [1.29, 1.82) is 0 Å². The third-order valence-electron chi connectivity index (χ3n) is 4.19. The van der Waals surface area contributed by atoms with E-state index in [0.717, 1.165) is 25.4 Å². The molecule has 1 saturated carbocycles. The van der Waals surface area contributed by atoms with Gasteiger partial charge in [0.25, 0.3) is 0 Å². The summed E-state index contributed by atoms with van der Waals surface area (Å²) >= 11 is 0. The summed E-state index contributed by atoms with van der Waals surface area (Å²) in [5.41, 5.74) is -0.0873. The van der Waals surface area contributed by atoms with E-state index in [0.29, 0.717) is 0 Å². The highest BCUT2D eigenvalue weighted by Gasteiger charge is 2.29. The van der Waals surface area contributed by atoms with Crippen LogP contribution in [-0.2, 0) is 0 Å². The zero-order valence-corrected chi connectivity index (χ0v) is 13.2. The molecular weight excluding hydrogens is 236 g/mol. The average Bonchev–Trinajstić information content (AvgIpc) is 3.25. The van der Waals surface area contributed by atoms with Gasteiger partial charge in [-0.2, -0.15) is 0 Å². The second-order valence-electron chi connectivity index (χ2n) is 6.37. The standard InChI is InChI=1S/C16H34N2O/c1-4-6-12-18(15-8-9-15)13-7-10-16(3,14-19)17-11-5-2/h15,17,19H,4-14H2,1-3H3. The van der Waals surface area contributed by atoms with Crippen molar-refractivity contribution in [2.75, 3.05) is 26.2 Å². The van der Waals surface area contributed by atoms with Gasteiger partial charge in [-0.25, -0.2) is 0 Å². The quantitative estimate of drug-likeness (QED) is 0.572. The molecule has 1 aliphatic rings. The lowest BCUT2D eigenvalue weighted by molar-refractivity contribution is 0.155. The van der Waals surface area contributed by atoms with E-state index in [4.69, 9.17) is 0 Å². The number of nitrogens with one attached hydrogen (secondary N) is 1. The van der Waals surface area contributed by atoms with Crippen LogP contribution < -0.4 is 5.32 Å². The van der Waals surface area contributed by atoms with Crippen LogP contribution in [0, 0.1) is 0 Å². The SMILES string of the molecule is CCCCN(CCCC(C)(CO)NCCC)C1CC1. The number of nitrogens with zero attached hydrogens (tertiary/aromatic N) is 1. The lowest BCUT2D eigenvalue weighted by Gasteiger charge is -2.30. The normalized spacial score (nSPS) is 18.8. The molecule has 0 spiro atoms. The Kier molecular flexibility index (Phi) is 7.96. The van der Waals surface area contributed by atoms with Crippen molar-refractivity contribution in [3.05, 3.63) is 0 Å². The van der Waals surface area contributed by atoms with E-state index < -0.39 is 0 Å². The molecule has 2 N–H and O–H groups in total. The molecule has 1 atom stereocenters. The predicted molar refractivity (Wildman–Crippen MR) is 82.5 cm³/mol. The Bertz CT molecular complexity index is 231. The van der Waals surface area contributed by atoms with E-state index in [-0.39, 0.29) is 12.1 Å². The van der Waals surface area contributed by atoms with Gasteiger partial charge in [0, 0.05) is 11.6 Å². The molecule has 1 rings (SSSR count). The number of aliphatic hydroxyl groups excluding tert-OH is 1. The molecule has 0 aromatic carbocycles. The van der Waals surface area contributed by atoms with Crippen molar-refractivity contribution in [3.8, 4) is 0 Å². The molecule has 0 aromatic rings. The van der Waals surface area contributed by atoms with Crippen molar-refractivity contribution in [2.24, 2.45) is 0 Å². The number of hydrogen-bond donors (Lipinski definition) is 2. The largest absolute Gasteiger partial charge is 0.394 e. The van der Waals surface area contributed by atoms with Gasteiger partial charge in [0.05, 0.1) is 6.61 Å². The Labute approximate surface area is 119 Å². The van der Waals surface area contributed by atoms with Gasteiger partial charge in [-0.1, -0.05) is 20.3 Å². The van der Waals surface area contributed by atoms with Crippen LogP contribution in [0.25, 0.3) is 0 Å². The van der Waals surface area contributed by atoms with Crippen molar-refractivity contribution in [2.45, 2.75) is 77.3 Å². The summed E-state index contributed by atoms with van der Waals surface area (Å²) in [5, 5.41) is 13.1. The molecular formula is C16H34N2O. The molecule has 0 amide bonds. The second-order valence-corrected chi connectivity index (χ2v) is 6.37. The Morgan fingerprint density at radius 3 is 2.37 bits per heavy atom. The van der Waals surface area contributed by atoms with Crippen LogP contribution in [-0.4, -0.2) is 47.8 Å². The summed E-state index contributed by atoms with van der Waals surface area (Å²) in [7, 11) is 0. The molecule has 19 heavy (non-hydrogen) atoms. The number of unbranched alkanes of at least 4 members (excludes halogenated alkanes) is 1. The zero-order valence-electron chi connectivity index (χ0n) is 13.2. The molecule has 0 heterocycles. The van der Waals surface area contributed by atoms with Gasteiger partial charge in [0.15, 0.2) is 0 Å². The van der Waals surface area contributed by atoms with E-state index in [9.17, 15) is 5.11 Å². The molecule has 3 heteroatoms. The highest BCUT2D eigenvalue weighted by atomic mass is 16.3. The first-order valence-corrected chi connectivity index (χ1v) is 8.25. The van der Waals surface area contributed by atoms with Gasteiger partial charge in [-0.05, 0) is 65.1 Å². The summed E-state index contributed by atoms with van der Waals surface area (Å²) in [6.45, 7) is 10.3. The summed E-state index contributed by atoms with van der Waals surface area (Å²) < 4.78 is 0. The Hall–Kier alpha value is -0.120. The van der Waals surface area contributed by atoms with E-state index in [1.165, 1.54) is 45.2 Å². The van der Waals surface area contributed by atoms with Gasteiger partial charge >= 0.3 is 0 Å². The first-order chi connectivity index (χ1) is 9.15. The van der Waals surface area contributed by atoms with Crippen molar-refractivity contribution < 1.29 is 5.11 Å². The van der Waals surface area contributed by atoms with Crippen LogP contribution in [0.15, 0.2) is 0 Å². The fourth-order valence-corrected chi connectivity index (χ4v) is 2.60. The van der Waals surface area contributed by atoms with Gasteiger partial charge in [-0.15, -0.1) is 0 Å². The van der Waals surface area contributed by atoms with E-state index in [1.807, 2.05) is 0 Å². The van der Waals surface area contributed by atoms with Crippen LogP contribution in [0.5, 0.6) is 0 Å². The van der Waals surface area contributed by atoms with Gasteiger partial charge in [0.1, 0.15) is 0 Å². The predicted octanol–water partition coefficient (Wildman–Crippen LogP) is 2.78. The fourth-order valence-electron chi connectivity index (χ4n) is 2.60. The zero-order chi connectivity index (χ0) is 14.1. The first kappa shape index (κ1) is 16.9. The van der Waals surface area contributed by atoms with Crippen molar-refractivity contribution >= 4 is 0 Å². The van der Waals surface area contributed by atoms with Crippen LogP contribution in [0.2, 0.25) is 0 Å². The molecule has 0 aliphatic heterocycles. The monoisotopic (exact) mass is 270 g/mol. The highest BCUT2D eigenvalue weighted by molar-refractivity contribution is 4.86. The Morgan fingerprint density at radius 2 is 1.84 bits per heavy atom. The van der Waals surface area contributed by atoms with Crippen molar-refractivity contribution in [1.82, 2.24) is 10.2 Å². The molecule has 0 saturated heterocycles. The van der Waals surface area contributed by atoms with Crippen molar-refractivity contribution in [3.63, 3.8) is 0 Å². The Morgan fingerprint density at radius 1 is 1.16 bits per heavy atom. The maximum atomic E-state index is 9.56. The number of aliphatic hydroxyl groups is 1. The number of rotatable bonds is 12. The molecule has 1 fully saturated rings. The molecule has 3 nitrogen and oxygen atoms in total. The molecule has 1 aliphatic carbocycles. The van der Waals surface area contributed by atoms with Gasteiger partial charge in [-0.3, -0.25) is 0 Å². The highest BCUT2D eigenvalue weighted by Crippen LogP contribution is 2.27. The minimum absolute atomic E-state index is 0.0873. The van der Waals surface area contributed by atoms with E-state index >= 15 is 0 Å². The van der Waals surface area contributed by atoms with Gasteiger partial charge in [0.2, 0.25) is 0 Å². The molecule has 0 bridgehead atoms. The maximum Gasteiger partial charge on any atom is 0.0610 e. The topological polar surface area (TPSA) is 35.5 Å². The molecule has 0 radical (unpaired) electrons. The van der Waals surface area contributed by atoms with Crippen LogP contribution in [0.1, 0.15) is 65.7 Å². The third-order valence-corrected chi connectivity index (χ3v) is 4.19. The molecule has 0 aromatic heterocycles. The van der Waals surface area contributed by atoms with Crippen LogP contribution in [0.4, 0.5) is 0 Å². The van der Waals surface area contributed by atoms with E-state index in [2.05, 4.69) is 31.0 Å². The minimum atomic E-state index is -0.0873. The minimum Gasteiger partial charge on any atom is -0.394 e. The lowest BCUT2D eigenvalue weighted by Crippen LogP contribution is -2.46. The Balaban J connectivity index is 2.24. The first-order valence-electron chi connectivity index (χ1n) is 8.25. The lowest BCUT2D eigenvalue weighted by atomic mass is 9.96. The molecule has 1 unspecified atom stereocenters. The second kappa shape index (κ2) is 8.93. The maximum absolute atomic E-state index is 9.56. The average molecular weight is 270 g/mol. The van der Waals surface area contributed by atoms with Crippen LogP contribution >= 0.6 is 0 Å². The fraction of sp³-hybridized carbons (Fsp3) is 1.00.